The molecule has 0 spiro atoms. The van der Waals surface area contributed by atoms with Gasteiger partial charge in [-0.15, -0.1) is 0 Å². The van der Waals surface area contributed by atoms with E-state index in [1.165, 1.54) is 34.2 Å². The standard InChI is InChI=1S/C17H18/c1-3-12(2)13-8-9-17-15(10-13)11-14-6-4-5-7-16(14)17/h4-10,12H,3,11H2,1-2H3. The molecule has 0 heterocycles. The molecule has 2 aromatic carbocycles. The van der Waals surface area contributed by atoms with Gasteiger partial charge >= 0.3 is 0 Å². The van der Waals surface area contributed by atoms with Crippen molar-refractivity contribution in [3.63, 3.8) is 0 Å². The molecule has 1 unspecified atom stereocenters. The van der Waals surface area contributed by atoms with Crippen molar-refractivity contribution in [1.82, 2.24) is 0 Å². The lowest BCUT2D eigenvalue weighted by molar-refractivity contribution is 0.733. The predicted octanol–water partition coefficient (Wildman–Crippen LogP) is 4.77. The lowest BCUT2D eigenvalue weighted by Crippen LogP contribution is -1.92. The van der Waals surface area contributed by atoms with Crippen LogP contribution < -0.4 is 0 Å². The van der Waals surface area contributed by atoms with Crippen LogP contribution in [0, 0.1) is 0 Å². The van der Waals surface area contributed by atoms with E-state index in [1.807, 2.05) is 0 Å². The second-order valence-electron chi connectivity index (χ2n) is 5.06. The number of hydrogen-bond donors (Lipinski definition) is 0. The van der Waals surface area contributed by atoms with E-state index in [0.717, 1.165) is 6.42 Å². The van der Waals surface area contributed by atoms with Gasteiger partial charge in [-0.1, -0.05) is 56.3 Å². The summed E-state index contributed by atoms with van der Waals surface area (Å²) in [6, 6.07) is 15.8. The van der Waals surface area contributed by atoms with Crippen molar-refractivity contribution in [2.24, 2.45) is 0 Å². The highest BCUT2D eigenvalue weighted by atomic mass is 14.2. The Morgan fingerprint density at radius 3 is 2.59 bits per heavy atom. The molecular formula is C17H18. The molecule has 86 valence electrons. The smallest absolute Gasteiger partial charge is 0.00134 e. The summed E-state index contributed by atoms with van der Waals surface area (Å²) in [6.07, 6.45) is 2.32. The summed E-state index contributed by atoms with van der Waals surface area (Å²) in [5.41, 5.74) is 7.33. The fourth-order valence-corrected chi connectivity index (χ4v) is 2.71. The topological polar surface area (TPSA) is 0 Å². The highest BCUT2D eigenvalue weighted by molar-refractivity contribution is 5.76. The third kappa shape index (κ3) is 1.68. The van der Waals surface area contributed by atoms with Crippen LogP contribution in [0.25, 0.3) is 11.1 Å². The summed E-state index contributed by atoms with van der Waals surface area (Å²) in [6.45, 7) is 4.57. The van der Waals surface area contributed by atoms with E-state index in [1.54, 1.807) is 0 Å². The Kier molecular flexibility index (Phi) is 2.51. The first-order valence-corrected chi connectivity index (χ1v) is 6.50. The molecule has 1 aliphatic rings. The van der Waals surface area contributed by atoms with E-state index in [0.29, 0.717) is 5.92 Å². The highest BCUT2D eigenvalue weighted by Crippen LogP contribution is 2.37. The minimum Gasteiger partial charge on any atom is -0.0648 e. The highest BCUT2D eigenvalue weighted by Gasteiger charge is 2.18. The van der Waals surface area contributed by atoms with Gasteiger partial charge < -0.3 is 0 Å². The van der Waals surface area contributed by atoms with E-state index < -0.39 is 0 Å². The van der Waals surface area contributed by atoms with Gasteiger partial charge in [0.2, 0.25) is 0 Å². The molecule has 2 aromatic rings. The maximum absolute atomic E-state index is 2.41. The van der Waals surface area contributed by atoms with Gasteiger partial charge in [0.1, 0.15) is 0 Å². The van der Waals surface area contributed by atoms with Gasteiger partial charge in [-0.25, -0.2) is 0 Å². The molecule has 0 bridgehead atoms. The summed E-state index contributed by atoms with van der Waals surface area (Å²) in [5.74, 6) is 0.670. The zero-order valence-electron chi connectivity index (χ0n) is 10.5. The van der Waals surface area contributed by atoms with Crippen LogP contribution in [-0.4, -0.2) is 0 Å². The Bertz CT molecular complexity index is 552. The molecule has 0 radical (unpaired) electrons. The molecule has 0 nitrogen and oxygen atoms in total. The van der Waals surface area contributed by atoms with Crippen LogP contribution in [0.2, 0.25) is 0 Å². The maximum Gasteiger partial charge on any atom is -0.00134 e. The van der Waals surface area contributed by atoms with Crippen molar-refractivity contribution >= 4 is 0 Å². The van der Waals surface area contributed by atoms with E-state index in [2.05, 4.69) is 56.3 Å². The third-order valence-electron chi connectivity index (χ3n) is 4.00. The second kappa shape index (κ2) is 4.03. The van der Waals surface area contributed by atoms with Crippen LogP contribution in [0.4, 0.5) is 0 Å². The average Bonchev–Trinajstić information content (AvgIpc) is 2.75. The van der Waals surface area contributed by atoms with Crippen molar-refractivity contribution in [3.05, 3.63) is 59.2 Å². The summed E-state index contributed by atoms with van der Waals surface area (Å²) in [7, 11) is 0. The Morgan fingerprint density at radius 2 is 1.76 bits per heavy atom. The van der Waals surface area contributed by atoms with Gasteiger partial charge in [0, 0.05) is 0 Å². The minimum absolute atomic E-state index is 0.670. The fraction of sp³-hybridized carbons (Fsp3) is 0.294. The molecule has 1 atom stereocenters. The maximum atomic E-state index is 2.41. The van der Waals surface area contributed by atoms with Gasteiger partial charge in [-0.05, 0) is 46.6 Å². The number of fused-ring (bicyclic) bond motifs is 3. The van der Waals surface area contributed by atoms with E-state index in [4.69, 9.17) is 0 Å². The number of benzene rings is 2. The summed E-state index contributed by atoms with van der Waals surface area (Å²) >= 11 is 0. The van der Waals surface area contributed by atoms with Crippen LogP contribution in [0.3, 0.4) is 0 Å². The van der Waals surface area contributed by atoms with Crippen molar-refractivity contribution < 1.29 is 0 Å². The molecule has 3 rings (SSSR count). The van der Waals surface area contributed by atoms with E-state index in [9.17, 15) is 0 Å². The molecule has 0 aliphatic heterocycles. The molecule has 1 aliphatic carbocycles. The Balaban J connectivity index is 2.07. The van der Waals surface area contributed by atoms with Gasteiger partial charge in [0.25, 0.3) is 0 Å². The average molecular weight is 222 g/mol. The molecule has 0 heteroatoms. The van der Waals surface area contributed by atoms with Crippen molar-refractivity contribution in [1.29, 1.82) is 0 Å². The van der Waals surface area contributed by atoms with Gasteiger partial charge in [-0.2, -0.15) is 0 Å². The largest absolute Gasteiger partial charge is 0.0648 e. The van der Waals surface area contributed by atoms with Crippen LogP contribution in [0.5, 0.6) is 0 Å². The Hall–Kier alpha value is -1.56. The first kappa shape index (κ1) is 10.6. The number of hydrogen-bond acceptors (Lipinski definition) is 0. The van der Waals surface area contributed by atoms with Crippen molar-refractivity contribution in [2.45, 2.75) is 32.6 Å². The van der Waals surface area contributed by atoms with Crippen molar-refractivity contribution in [2.75, 3.05) is 0 Å². The first-order valence-electron chi connectivity index (χ1n) is 6.50. The zero-order chi connectivity index (χ0) is 11.8. The van der Waals surface area contributed by atoms with E-state index in [-0.39, 0.29) is 0 Å². The molecule has 0 fully saturated rings. The normalized spacial score (nSPS) is 14.2. The SMILES string of the molecule is CCC(C)c1ccc2c(c1)Cc1ccccc1-2. The van der Waals surface area contributed by atoms with Gasteiger partial charge in [0.05, 0.1) is 0 Å². The van der Waals surface area contributed by atoms with Crippen molar-refractivity contribution in [3.8, 4) is 11.1 Å². The molecule has 0 saturated carbocycles. The molecule has 17 heavy (non-hydrogen) atoms. The zero-order valence-corrected chi connectivity index (χ0v) is 10.5. The summed E-state index contributed by atoms with van der Waals surface area (Å²) in [4.78, 5) is 0. The van der Waals surface area contributed by atoms with E-state index >= 15 is 0 Å². The lowest BCUT2D eigenvalue weighted by atomic mass is 9.94. The Morgan fingerprint density at radius 1 is 1.00 bits per heavy atom. The molecule has 0 aromatic heterocycles. The van der Waals surface area contributed by atoms with Crippen LogP contribution in [-0.2, 0) is 6.42 Å². The first-order chi connectivity index (χ1) is 8.29. The second-order valence-corrected chi connectivity index (χ2v) is 5.06. The number of rotatable bonds is 2. The monoisotopic (exact) mass is 222 g/mol. The quantitative estimate of drug-likeness (QED) is 0.586. The van der Waals surface area contributed by atoms with Crippen LogP contribution >= 0.6 is 0 Å². The van der Waals surface area contributed by atoms with Crippen LogP contribution in [0.1, 0.15) is 42.9 Å². The Labute approximate surface area is 103 Å². The molecule has 0 N–H and O–H groups in total. The predicted molar refractivity (Wildman–Crippen MR) is 73.4 cm³/mol. The molecular weight excluding hydrogens is 204 g/mol. The molecule has 0 saturated heterocycles. The van der Waals surface area contributed by atoms with Crippen LogP contribution in [0.15, 0.2) is 42.5 Å². The molecule has 0 amide bonds. The summed E-state index contributed by atoms with van der Waals surface area (Å²) in [5, 5.41) is 0. The fourth-order valence-electron chi connectivity index (χ4n) is 2.71. The van der Waals surface area contributed by atoms with Gasteiger partial charge in [0.15, 0.2) is 0 Å². The lowest BCUT2D eigenvalue weighted by Gasteiger charge is -2.10. The summed E-state index contributed by atoms with van der Waals surface area (Å²) < 4.78 is 0. The third-order valence-corrected chi connectivity index (χ3v) is 4.00. The van der Waals surface area contributed by atoms with Gasteiger partial charge in [-0.3, -0.25) is 0 Å². The minimum atomic E-state index is 0.670.